The van der Waals surface area contributed by atoms with Crippen LogP contribution >= 0.6 is 11.8 Å². The molecule has 1 aromatic carbocycles. The van der Waals surface area contributed by atoms with Gasteiger partial charge in [-0.2, -0.15) is 0 Å². The Morgan fingerprint density at radius 1 is 1.27 bits per heavy atom. The first-order valence-electron chi connectivity index (χ1n) is 9.05. The van der Waals surface area contributed by atoms with Gasteiger partial charge in [-0.1, -0.05) is 29.5 Å². The number of nitrogens with zero attached hydrogens (tertiary/aromatic N) is 4. The number of Topliss-reactive ketones (excluding diaryl/α,β-unsaturated/α-hetero) is 1. The van der Waals surface area contributed by atoms with Gasteiger partial charge in [0.05, 0.1) is 18.5 Å². The molecule has 1 aromatic heterocycles. The molecule has 0 aliphatic carbocycles. The third kappa shape index (κ3) is 3.94. The molecule has 0 bridgehead atoms. The van der Waals surface area contributed by atoms with Gasteiger partial charge in [-0.05, 0) is 39.3 Å². The van der Waals surface area contributed by atoms with Crippen LogP contribution in [0.25, 0.3) is 0 Å². The van der Waals surface area contributed by atoms with Crippen molar-refractivity contribution in [3.05, 3.63) is 34.9 Å². The van der Waals surface area contributed by atoms with Crippen molar-refractivity contribution in [3.8, 4) is 0 Å². The fourth-order valence-electron chi connectivity index (χ4n) is 3.07. The number of benzene rings is 1. The molecule has 0 spiro atoms. The van der Waals surface area contributed by atoms with Crippen LogP contribution in [0, 0.1) is 13.8 Å². The number of carbonyl (C=O) groups excluding carboxylic acids is 1. The van der Waals surface area contributed by atoms with E-state index >= 15 is 0 Å². The minimum Gasteiger partial charge on any atom is -0.378 e. The highest BCUT2D eigenvalue weighted by molar-refractivity contribution is 8.00. The second-order valence-corrected chi connectivity index (χ2v) is 7.88. The predicted molar refractivity (Wildman–Crippen MR) is 104 cm³/mol. The summed E-state index contributed by atoms with van der Waals surface area (Å²) in [4.78, 5) is 15.1. The lowest BCUT2D eigenvalue weighted by molar-refractivity contribution is 0.0993. The zero-order valence-corrected chi connectivity index (χ0v) is 16.7. The molecule has 3 rings (SSSR count). The van der Waals surface area contributed by atoms with Crippen LogP contribution in [0.15, 0.2) is 23.4 Å². The maximum Gasteiger partial charge on any atom is 0.228 e. The van der Waals surface area contributed by atoms with Crippen LogP contribution in [0.4, 0.5) is 5.95 Å². The molecule has 1 saturated heterocycles. The minimum atomic E-state index is -0.220. The summed E-state index contributed by atoms with van der Waals surface area (Å²) in [7, 11) is 0. The number of anilines is 1. The van der Waals surface area contributed by atoms with Crippen LogP contribution in [0.3, 0.4) is 0 Å². The summed E-state index contributed by atoms with van der Waals surface area (Å²) in [5.41, 5.74) is 2.91. The molecular formula is C19H26N4O2S. The zero-order chi connectivity index (χ0) is 18.7. The van der Waals surface area contributed by atoms with E-state index in [1.54, 1.807) is 0 Å². The molecule has 26 heavy (non-hydrogen) atoms. The molecule has 6 nitrogen and oxygen atoms in total. The Kier molecular flexibility index (Phi) is 5.98. The van der Waals surface area contributed by atoms with E-state index < -0.39 is 0 Å². The van der Waals surface area contributed by atoms with Crippen LogP contribution in [0.2, 0.25) is 0 Å². The van der Waals surface area contributed by atoms with Gasteiger partial charge < -0.3 is 9.64 Å². The van der Waals surface area contributed by atoms with Crippen molar-refractivity contribution in [2.75, 3.05) is 31.2 Å². The zero-order valence-electron chi connectivity index (χ0n) is 15.9. The summed E-state index contributed by atoms with van der Waals surface area (Å²) in [6.07, 6.45) is 0. The van der Waals surface area contributed by atoms with Crippen LogP contribution in [0.5, 0.6) is 0 Å². The molecule has 2 aromatic rings. The highest BCUT2D eigenvalue weighted by atomic mass is 32.2. The first-order valence-corrected chi connectivity index (χ1v) is 9.93. The molecular weight excluding hydrogens is 348 g/mol. The number of ether oxygens (including phenoxy) is 1. The molecule has 1 fully saturated rings. The van der Waals surface area contributed by atoms with Crippen molar-refractivity contribution < 1.29 is 9.53 Å². The average Bonchev–Trinajstić information content (AvgIpc) is 3.06. The van der Waals surface area contributed by atoms with Gasteiger partial charge in [0, 0.05) is 25.2 Å². The second kappa shape index (κ2) is 8.22. The Labute approximate surface area is 158 Å². The van der Waals surface area contributed by atoms with Crippen LogP contribution < -0.4 is 4.90 Å². The number of aryl methyl sites for hydroxylation is 2. The van der Waals surface area contributed by atoms with Gasteiger partial charge in [-0.25, -0.2) is 0 Å². The molecule has 2 heterocycles. The predicted octanol–water partition coefficient (Wildman–Crippen LogP) is 3.11. The molecule has 7 heteroatoms. The monoisotopic (exact) mass is 374 g/mol. The van der Waals surface area contributed by atoms with Crippen LogP contribution in [0.1, 0.15) is 35.3 Å². The maximum absolute atomic E-state index is 12.9. The fourth-order valence-corrected chi connectivity index (χ4v) is 4.05. The summed E-state index contributed by atoms with van der Waals surface area (Å²) in [5.74, 6) is 1.000. The third-order valence-corrected chi connectivity index (χ3v) is 5.70. The van der Waals surface area contributed by atoms with E-state index in [0.717, 1.165) is 47.4 Å². The molecule has 1 aliphatic heterocycles. The summed E-state index contributed by atoms with van der Waals surface area (Å²) in [5, 5.41) is 9.31. The van der Waals surface area contributed by atoms with E-state index in [1.165, 1.54) is 11.8 Å². The lowest BCUT2D eigenvalue weighted by atomic mass is 10.0. The van der Waals surface area contributed by atoms with Gasteiger partial charge in [-0.3, -0.25) is 9.36 Å². The van der Waals surface area contributed by atoms with E-state index in [4.69, 9.17) is 4.74 Å². The van der Waals surface area contributed by atoms with E-state index in [1.807, 2.05) is 39.0 Å². The number of morpholine rings is 1. The normalized spacial score (nSPS) is 15.9. The van der Waals surface area contributed by atoms with Gasteiger partial charge in [0.1, 0.15) is 0 Å². The van der Waals surface area contributed by atoms with Crippen molar-refractivity contribution in [3.63, 3.8) is 0 Å². The van der Waals surface area contributed by atoms with Crippen molar-refractivity contribution >= 4 is 23.5 Å². The van der Waals surface area contributed by atoms with E-state index in [9.17, 15) is 4.79 Å². The molecule has 0 N–H and O–H groups in total. The number of hydrogen-bond acceptors (Lipinski definition) is 6. The van der Waals surface area contributed by atoms with Gasteiger partial charge in [0.25, 0.3) is 0 Å². The first-order chi connectivity index (χ1) is 12.5. The third-order valence-electron chi connectivity index (χ3n) is 4.62. The Bertz CT molecular complexity index is 784. The van der Waals surface area contributed by atoms with Crippen molar-refractivity contribution in [1.29, 1.82) is 0 Å². The molecule has 140 valence electrons. The molecule has 1 atom stereocenters. The van der Waals surface area contributed by atoms with E-state index in [-0.39, 0.29) is 11.0 Å². The second-order valence-electron chi connectivity index (χ2n) is 6.57. The quantitative estimate of drug-likeness (QED) is 0.572. The Hall–Kier alpha value is -1.86. The van der Waals surface area contributed by atoms with E-state index in [2.05, 4.69) is 26.6 Å². The van der Waals surface area contributed by atoms with Gasteiger partial charge >= 0.3 is 0 Å². The number of hydrogen-bond donors (Lipinski definition) is 0. The average molecular weight is 375 g/mol. The SMILES string of the molecule is CCn1c(S[C@H](C)C(=O)c2cc(C)ccc2C)nnc1N1CCOCC1. The summed E-state index contributed by atoms with van der Waals surface area (Å²) >= 11 is 1.48. The van der Waals surface area contributed by atoms with E-state index in [0.29, 0.717) is 13.2 Å². The Balaban J connectivity index is 1.78. The first kappa shape index (κ1) is 18.9. The van der Waals surface area contributed by atoms with Gasteiger partial charge in [0.2, 0.25) is 5.95 Å². The number of carbonyl (C=O) groups is 1. The number of rotatable bonds is 6. The number of thioether (sulfide) groups is 1. The van der Waals surface area contributed by atoms with Gasteiger partial charge in [-0.15, -0.1) is 10.2 Å². The van der Waals surface area contributed by atoms with Gasteiger partial charge in [0.15, 0.2) is 10.9 Å². The fraction of sp³-hybridized carbons (Fsp3) is 0.526. The molecule has 0 unspecified atom stereocenters. The van der Waals surface area contributed by atoms with Crippen molar-refractivity contribution in [2.24, 2.45) is 0 Å². The summed E-state index contributed by atoms with van der Waals surface area (Å²) in [6, 6.07) is 6.01. The van der Waals surface area contributed by atoms with Crippen LogP contribution in [-0.4, -0.2) is 52.1 Å². The smallest absolute Gasteiger partial charge is 0.228 e. The summed E-state index contributed by atoms with van der Waals surface area (Å²) < 4.78 is 7.50. The number of ketones is 1. The van der Waals surface area contributed by atoms with Crippen molar-refractivity contribution in [1.82, 2.24) is 14.8 Å². The number of aromatic nitrogens is 3. The molecule has 0 amide bonds. The highest BCUT2D eigenvalue weighted by Gasteiger charge is 2.24. The highest BCUT2D eigenvalue weighted by Crippen LogP contribution is 2.28. The lowest BCUT2D eigenvalue weighted by Gasteiger charge is -2.27. The Morgan fingerprint density at radius 3 is 2.69 bits per heavy atom. The molecule has 0 saturated carbocycles. The topological polar surface area (TPSA) is 60.2 Å². The van der Waals surface area contributed by atoms with Crippen LogP contribution in [-0.2, 0) is 11.3 Å². The summed E-state index contributed by atoms with van der Waals surface area (Å²) in [6.45, 7) is 11.8. The Morgan fingerprint density at radius 2 is 2.00 bits per heavy atom. The van der Waals surface area contributed by atoms with Crippen molar-refractivity contribution in [2.45, 2.75) is 44.6 Å². The maximum atomic E-state index is 12.9. The molecule has 1 aliphatic rings. The lowest BCUT2D eigenvalue weighted by Crippen LogP contribution is -2.38. The minimum absolute atomic E-state index is 0.134. The largest absolute Gasteiger partial charge is 0.378 e. The standard InChI is InChI=1S/C19H26N4O2S/c1-5-23-18(22-8-10-25-11-9-22)20-21-19(23)26-15(4)17(24)16-12-13(2)6-7-14(16)3/h6-7,12,15H,5,8-11H2,1-4H3/t15-/m1/s1. The molecule has 0 radical (unpaired) electrons.